The van der Waals surface area contributed by atoms with Gasteiger partial charge in [0.15, 0.2) is 0 Å². The number of halogens is 4. The van der Waals surface area contributed by atoms with Crippen molar-refractivity contribution >= 4 is 17.6 Å². The number of esters is 1. The molecule has 0 saturated carbocycles. The van der Waals surface area contributed by atoms with Crippen molar-refractivity contribution in [2.45, 2.75) is 11.8 Å². The predicted octanol–water partition coefficient (Wildman–Crippen LogP) is 3.01. The number of hydrogen-bond acceptors (Lipinski definition) is 5. The highest BCUT2D eigenvalue weighted by Crippen LogP contribution is 2.42. The second kappa shape index (κ2) is 7.85. The molecule has 0 aliphatic rings. The van der Waals surface area contributed by atoms with Gasteiger partial charge in [0, 0.05) is 11.1 Å². The number of benzene rings is 2. The largest absolute Gasteiger partial charge is 0.495 e. The molecule has 0 spiro atoms. The highest BCUT2D eigenvalue weighted by Gasteiger charge is 2.62. The van der Waals surface area contributed by atoms with Crippen molar-refractivity contribution < 1.29 is 41.7 Å². The summed E-state index contributed by atoms with van der Waals surface area (Å²) in [4.78, 5) is 23.8. The molecule has 0 fully saturated rings. The van der Waals surface area contributed by atoms with Crippen molar-refractivity contribution in [1.29, 1.82) is 0 Å². The predicted molar refractivity (Wildman–Crippen MR) is 89.3 cm³/mol. The van der Waals surface area contributed by atoms with E-state index in [-0.39, 0.29) is 17.0 Å². The fraction of sp³-hybridized carbons (Fsp3) is 0.222. The zero-order valence-corrected chi connectivity index (χ0v) is 14.6. The van der Waals surface area contributed by atoms with Crippen LogP contribution in [-0.2, 0) is 15.1 Å². The Morgan fingerprint density at radius 2 is 1.75 bits per heavy atom. The van der Waals surface area contributed by atoms with Crippen molar-refractivity contribution in [2.24, 2.45) is 0 Å². The van der Waals surface area contributed by atoms with Gasteiger partial charge in [-0.3, -0.25) is 4.79 Å². The molecule has 0 radical (unpaired) electrons. The molecular weight excluding hydrogens is 386 g/mol. The monoisotopic (exact) mass is 401 g/mol. The van der Waals surface area contributed by atoms with Crippen LogP contribution in [0.1, 0.15) is 15.9 Å². The van der Waals surface area contributed by atoms with Crippen molar-refractivity contribution in [1.82, 2.24) is 0 Å². The van der Waals surface area contributed by atoms with E-state index in [4.69, 9.17) is 4.74 Å². The second-order valence-electron chi connectivity index (χ2n) is 5.58. The second-order valence-corrected chi connectivity index (χ2v) is 5.58. The smallest absolute Gasteiger partial charge is 0.432 e. The molecule has 0 aliphatic heterocycles. The summed E-state index contributed by atoms with van der Waals surface area (Å²) in [5.41, 5.74) is -4.89. The van der Waals surface area contributed by atoms with E-state index in [0.29, 0.717) is 7.11 Å². The molecule has 10 heteroatoms. The van der Waals surface area contributed by atoms with Crippen LogP contribution in [0.25, 0.3) is 0 Å². The molecule has 0 heterocycles. The average Bonchev–Trinajstić information content (AvgIpc) is 2.65. The molecule has 2 rings (SSSR count). The summed E-state index contributed by atoms with van der Waals surface area (Å²) in [5, 5.41) is 12.4. The molecule has 2 aromatic rings. The van der Waals surface area contributed by atoms with Gasteiger partial charge >= 0.3 is 12.1 Å². The van der Waals surface area contributed by atoms with E-state index in [1.54, 1.807) is 0 Å². The summed E-state index contributed by atoms with van der Waals surface area (Å²) in [6.45, 7) is 0. The Morgan fingerprint density at radius 1 is 1.07 bits per heavy atom. The maximum absolute atomic E-state index is 13.3. The standard InChI is InChI=1S/C18H15F4NO5/c1-27-14-9-11(17(26,16(25)28-2)18(20,21)22)6-7-13(14)23-15(24)10-4-3-5-12(19)8-10/h3-9,26H,1-2H3,(H,23,24)/t17-/m0/s1. The van der Waals surface area contributed by atoms with Gasteiger partial charge in [-0.25, -0.2) is 9.18 Å². The van der Waals surface area contributed by atoms with E-state index in [1.807, 2.05) is 0 Å². The van der Waals surface area contributed by atoms with E-state index in [0.717, 1.165) is 37.4 Å². The zero-order chi connectivity index (χ0) is 21.1. The van der Waals surface area contributed by atoms with Crippen LogP contribution in [0.4, 0.5) is 23.2 Å². The lowest BCUT2D eigenvalue weighted by Crippen LogP contribution is -2.49. The number of nitrogens with one attached hydrogen (secondary N) is 1. The van der Waals surface area contributed by atoms with Gasteiger partial charge in [0.05, 0.1) is 19.9 Å². The van der Waals surface area contributed by atoms with Crippen LogP contribution in [0.15, 0.2) is 42.5 Å². The molecule has 1 atom stereocenters. The van der Waals surface area contributed by atoms with Gasteiger partial charge in [0.2, 0.25) is 0 Å². The van der Waals surface area contributed by atoms with Crippen molar-refractivity contribution in [3.05, 3.63) is 59.4 Å². The van der Waals surface area contributed by atoms with Gasteiger partial charge in [-0.2, -0.15) is 13.2 Å². The molecule has 0 saturated heterocycles. The minimum atomic E-state index is -5.38. The summed E-state index contributed by atoms with van der Waals surface area (Å²) in [6.07, 6.45) is -5.38. The molecule has 0 aromatic heterocycles. The highest BCUT2D eigenvalue weighted by atomic mass is 19.4. The van der Waals surface area contributed by atoms with Gasteiger partial charge in [-0.15, -0.1) is 0 Å². The van der Waals surface area contributed by atoms with Crippen LogP contribution in [0.5, 0.6) is 5.75 Å². The van der Waals surface area contributed by atoms with Gasteiger partial charge in [0.25, 0.3) is 11.5 Å². The average molecular weight is 401 g/mol. The quantitative estimate of drug-likeness (QED) is 0.594. The van der Waals surface area contributed by atoms with Gasteiger partial charge < -0.3 is 19.9 Å². The number of carbonyl (C=O) groups is 2. The van der Waals surface area contributed by atoms with Crippen molar-refractivity contribution in [3.63, 3.8) is 0 Å². The molecule has 150 valence electrons. The Kier molecular flexibility index (Phi) is 5.93. The lowest BCUT2D eigenvalue weighted by molar-refractivity contribution is -0.266. The normalized spacial score (nSPS) is 13.4. The van der Waals surface area contributed by atoms with Crippen LogP contribution in [0, 0.1) is 5.82 Å². The zero-order valence-electron chi connectivity index (χ0n) is 14.6. The number of ether oxygens (including phenoxy) is 2. The molecule has 0 bridgehead atoms. The molecule has 28 heavy (non-hydrogen) atoms. The SMILES string of the molecule is COC(=O)[C@@](O)(c1ccc(NC(=O)c2cccc(F)c2)c(OC)c1)C(F)(F)F. The summed E-state index contributed by atoms with van der Waals surface area (Å²) in [6, 6.07) is 7.28. The first kappa shape index (κ1) is 21.2. The summed E-state index contributed by atoms with van der Waals surface area (Å²) >= 11 is 0. The Morgan fingerprint density at radius 3 is 2.29 bits per heavy atom. The highest BCUT2D eigenvalue weighted by molar-refractivity contribution is 6.05. The third-order valence-electron chi connectivity index (χ3n) is 3.85. The van der Waals surface area contributed by atoms with E-state index in [1.165, 1.54) is 12.1 Å². The maximum atomic E-state index is 13.3. The number of hydrogen-bond donors (Lipinski definition) is 2. The number of aliphatic hydroxyl groups is 1. The molecular formula is C18H15F4NO5. The number of methoxy groups -OCH3 is 2. The molecule has 2 N–H and O–H groups in total. The van der Waals surface area contributed by atoms with Gasteiger partial charge in [0.1, 0.15) is 11.6 Å². The third-order valence-corrected chi connectivity index (χ3v) is 3.85. The fourth-order valence-electron chi connectivity index (χ4n) is 2.39. The number of rotatable bonds is 5. The minimum absolute atomic E-state index is 0.0347. The Balaban J connectivity index is 2.43. The first-order valence-corrected chi connectivity index (χ1v) is 7.67. The van der Waals surface area contributed by atoms with E-state index in [9.17, 15) is 32.3 Å². The fourth-order valence-corrected chi connectivity index (χ4v) is 2.39. The minimum Gasteiger partial charge on any atom is -0.495 e. The van der Waals surface area contributed by atoms with Gasteiger partial charge in [-0.1, -0.05) is 12.1 Å². The van der Waals surface area contributed by atoms with Crippen molar-refractivity contribution in [2.75, 3.05) is 19.5 Å². The number of carbonyl (C=O) groups excluding carboxylic acids is 2. The third kappa shape index (κ3) is 3.91. The Hall–Kier alpha value is -3.14. The topological polar surface area (TPSA) is 84.9 Å². The first-order chi connectivity index (χ1) is 13.0. The molecule has 1 amide bonds. The summed E-state index contributed by atoms with van der Waals surface area (Å²) in [7, 11) is 1.81. The van der Waals surface area contributed by atoms with Gasteiger partial charge in [-0.05, 0) is 30.3 Å². The van der Waals surface area contributed by atoms with E-state index in [2.05, 4.69) is 10.1 Å². The Bertz CT molecular complexity index is 900. The molecule has 2 aromatic carbocycles. The lowest BCUT2D eigenvalue weighted by Gasteiger charge is -2.28. The van der Waals surface area contributed by atoms with Crippen LogP contribution >= 0.6 is 0 Å². The number of anilines is 1. The summed E-state index contributed by atoms with van der Waals surface area (Å²) < 4.78 is 62.3. The summed E-state index contributed by atoms with van der Waals surface area (Å²) in [5.74, 6) is -3.60. The lowest BCUT2D eigenvalue weighted by atomic mass is 9.92. The van der Waals surface area contributed by atoms with Crippen LogP contribution in [0.3, 0.4) is 0 Å². The van der Waals surface area contributed by atoms with Crippen LogP contribution in [0.2, 0.25) is 0 Å². The number of amides is 1. The maximum Gasteiger partial charge on any atom is 0.432 e. The molecule has 0 unspecified atom stereocenters. The van der Waals surface area contributed by atoms with Crippen LogP contribution in [-0.4, -0.2) is 37.4 Å². The van der Waals surface area contributed by atoms with Crippen molar-refractivity contribution in [3.8, 4) is 5.75 Å². The molecule has 6 nitrogen and oxygen atoms in total. The molecule has 0 aliphatic carbocycles. The number of alkyl halides is 3. The van der Waals surface area contributed by atoms with Crippen LogP contribution < -0.4 is 10.1 Å². The van der Waals surface area contributed by atoms with E-state index >= 15 is 0 Å². The Labute approximate surface area is 156 Å². The first-order valence-electron chi connectivity index (χ1n) is 7.67. The van der Waals surface area contributed by atoms with E-state index < -0.39 is 35.0 Å².